The second kappa shape index (κ2) is 6.47. The molecule has 0 spiro atoms. The van der Waals surface area contributed by atoms with Crippen LogP contribution >= 0.6 is 63.7 Å². The zero-order chi connectivity index (χ0) is 14.0. The maximum absolute atomic E-state index is 12.1. The van der Waals surface area contributed by atoms with Crippen LogP contribution in [0.2, 0.25) is 0 Å². The predicted octanol–water partition coefficient (Wildman–Crippen LogP) is 5.38. The maximum atomic E-state index is 12.1. The number of rotatable bonds is 2. The molecule has 0 bridgehead atoms. The zero-order valence-corrected chi connectivity index (χ0v) is 15.6. The van der Waals surface area contributed by atoms with E-state index in [1.165, 1.54) is 0 Å². The van der Waals surface area contributed by atoms with E-state index >= 15 is 0 Å². The van der Waals surface area contributed by atoms with Crippen LogP contribution < -0.4 is 5.32 Å². The van der Waals surface area contributed by atoms with Gasteiger partial charge in [0.25, 0.3) is 5.91 Å². The summed E-state index contributed by atoms with van der Waals surface area (Å²) in [4.78, 5) is 16.1. The standard InChI is InChI=1S/C12H6Br4N2O/c13-6-1-2-10(17-5-6)12(19)18-11-8(15)3-7(14)4-9(11)16/h1-5H,(H,18,19). The number of anilines is 1. The van der Waals surface area contributed by atoms with E-state index in [4.69, 9.17) is 0 Å². The molecule has 98 valence electrons. The van der Waals surface area contributed by atoms with Gasteiger partial charge in [-0.05, 0) is 72.1 Å². The van der Waals surface area contributed by atoms with Gasteiger partial charge >= 0.3 is 0 Å². The number of pyridine rings is 1. The van der Waals surface area contributed by atoms with Gasteiger partial charge in [0.15, 0.2) is 0 Å². The molecule has 1 N–H and O–H groups in total. The quantitative estimate of drug-likeness (QED) is 0.586. The number of nitrogens with zero attached hydrogens (tertiary/aromatic N) is 1. The minimum atomic E-state index is -0.267. The Bertz CT molecular complexity index is 605. The molecule has 0 radical (unpaired) electrons. The first-order chi connectivity index (χ1) is 8.97. The lowest BCUT2D eigenvalue weighted by atomic mass is 10.3. The molecule has 0 aliphatic carbocycles. The van der Waals surface area contributed by atoms with Crippen molar-refractivity contribution in [2.75, 3.05) is 5.32 Å². The summed E-state index contributed by atoms with van der Waals surface area (Å²) in [6.45, 7) is 0. The van der Waals surface area contributed by atoms with Crippen molar-refractivity contribution in [1.29, 1.82) is 0 Å². The molecule has 7 heteroatoms. The van der Waals surface area contributed by atoms with Gasteiger partial charge in [0.05, 0.1) is 5.69 Å². The summed E-state index contributed by atoms with van der Waals surface area (Å²) < 4.78 is 3.29. The molecular weight excluding hydrogens is 508 g/mol. The highest BCUT2D eigenvalue weighted by atomic mass is 79.9. The van der Waals surface area contributed by atoms with Crippen LogP contribution in [0.5, 0.6) is 0 Å². The van der Waals surface area contributed by atoms with Crippen LogP contribution in [0.15, 0.2) is 48.4 Å². The minimum Gasteiger partial charge on any atom is -0.319 e. The normalized spacial score (nSPS) is 10.3. The molecule has 1 heterocycles. The molecule has 0 fully saturated rings. The molecule has 2 rings (SSSR count). The van der Waals surface area contributed by atoms with Crippen LogP contribution in [0.1, 0.15) is 10.5 Å². The fourth-order valence-corrected chi connectivity index (χ4v) is 4.04. The van der Waals surface area contributed by atoms with Gasteiger partial charge in [-0.3, -0.25) is 4.79 Å². The Morgan fingerprint density at radius 1 is 1.00 bits per heavy atom. The Morgan fingerprint density at radius 2 is 1.63 bits per heavy atom. The first-order valence-corrected chi connectivity index (χ1v) is 8.22. The van der Waals surface area contributed by atoms with E-state index in [2.05, 4.69) is 74.0 Å². The number of carbonyl (C=O) groups excluding carboxylic acids is 1. The summed E-state index contributed by atoms with van der Waals surface area (Å²) in [5, 5.41) is 2.81. The molecule has 0 atom stereocenters. The monoisotopic (exact) mass is 510 g/mol. The van der Waals surface area contributed by atoms with Crippen LogP contribution in [0, 0.1) is 0 Å². The van der Waals surface area contributed by atoms with Gasteiger partial charge < -0.3 is 5.32 Å². The van der Waals surface area contributed by atoms with Crippen molar-refractivity contribution < 1.29 is 4.79 Å². The molecule has 19 heavy (non-hydrogen) atoms. The third-order valence-corrected chi connectivity index (χ3v) is 4.38. The van der Waals surface area contributed by atoms with Crippen molar-refractivity contribution in [3.63, 3.8) is 0 Å². The van der Waals surface area contributed by atoms with E-state index in [1.54, 1.807) is 18.3 Å². The topological polar surface area (TPSA) is 42.0 Å². The largest absolute Gasteiger partial charge is 0.319 e. The Balaban J connectivity index is 2.26. The Morgan fingerprint density at radius 3 is 2.16 bits per heavy atom. The van der Waals surface area contributed by atoms with Crippen LogP contribution in [0.3, 0.4) is 0 Å². The van der Waals surface area contributed by atoms with Crippen LogP contribution in [0.25, 0.3) is 0 Å². The number of hydrogen-bond donors (Lipinski definition) is 1. The molecule has 3 nitrogen and oxygen atoms in total. The van der Waals surface area contributed by atoms with Gasteiger partial charge in [0, 0.05) is 24.1 Å². The zero-order valence-electron chi connectivity index (χ0n) is 9.25. The summed E-state index contributed by atoms with van der Waals surface area (Å²) in [6.07, 6.45) is 1.58. The van der Waals surface area contributed by atoms with Crippen LogP contribution in [0.4, 0.5) is 5.69 Å². The average Bonchev–Trinajstić information content (AvgIpc) is 2.34. The van der Waals surface area contributed by atoms with E-state index in [-0.39, 0.29) is 5.91 Å². The highest BCUT2D eigenvalue weighted by molar-refractivity contribution is 9.11. The smallest absolute Gasteiger partial charge is 0.274 e. The van der Waals surface area contributed by atoms with E-state index < -0.39 is 0 Å². The van der Waals surface area contributed by atoms with E-state index in [0.29, 0.717) is 11.4 Å². The average molecular weight is 514 g/mol. The SMILES string of the molecule is O=C(Nc1c(Br)cc(Br)cc1Br)c1ccc(Br)cn1. The number of nitrogens with one attached hydrogen (secondary N) is 1. The third-order valence-electron chi connectivity index (χ3n) is 2.21. The van der Waals surface area contributed by atoms with E-state index in [0.717, 1.165) is 17.9 Å². The van der Waals surface area contributed by atoms with E-state index in [1.807, 2.05) is 12.1 Å². The Labute approximate surface area is 143 Å². The van der Waals surface area contributed by atoms with Crippen molar-refractivity contribution >= 4 is 75.3 Å². The van der Waals surface area contributed by atoms with Gasteiger partial charge in [-0.25, -0.2) is 4.98 Å². The summed E-state index contributed by atoms with van der Waals surface area (Å²) in [6, 6.07) is 7.14. The van der Waals surface area contributed by atoms with Crippen molar-refractivity contribution in [2.45, 2.75) is 0 Å². The lowest BCUT2D eigenvalue weighted by Crippen LogP contribution is -2.14. The number of hydrogen-bond acceptors (Lipinski definition) is 2. The molecule has 0 aliphatic rings. The summed E-state index contributed by atoms with van der Waals surface area (Å²) in [7, 11) is 0. The van der Waals surface area contributed by atoms with Gasteiger partial charge in [0.1, 0.15) is 5.69 Å². The maximum Gasteiger partial charge on any atom is 0.274 e. The van der Waals surface area contributed by atoms with Gasteiger partial charge in [-0.1, -0.05) is 15.9 Å². The first-order valence-electron chi connectivity index (χ1n) is 5.05. The molecular formula is C12H6Br4N2O. The summed E-state index contributed by atoms with van der Waals surface area (Å²) in [5.41, 5.74) is 1.02. The fraction of sp³-hybridized carbons (Fsp3) is 0. The Kier molecular flexibility index (Phi) is 5.16. The highest BCUT2D eigenvalue weighted by Crippen LogP contribution is 2.34. The Hall–Kier alpha value is -0.240. The number of benzene rings is 1. The summed E-state index contributed by atoms with van der Waals surface area (Å²) in [5.74, 6) is -0.267. The molecule has 0 saturated carbocycles. The third kappa shape index (κ3) is 3.87. The molecule has 0 saturated heterocycles. The molecule has 0 aliphatic heterocycles. The predicted molar refractivity (Wildman–Crippen MR) is 89.4 cm³/mol. The first kappa shape index (κ1) is 15.2. The van der Waals surface area contributed by atoms with Crippen molar-refractivity contribution in [1.82, 2.24) is 4.98 Å². The minimum absolute atomic E-state index is 0.267. The second-order valence-corrected chi connectivity index (χ2v) is 7.10. The lowest BCUT2D eigenvalue weighted by Gasteiger charge is -2.10. The fourth-order valence-electron chi connectivity index (χ4n) is 1.35. The van der Waals surface area contributed by atoms with Crippen LogP contribution in [-0.4, -0.2) is 10.9 Å². The molecule has 0 unspecified atom stereocenters. The van der Waals surface area contributed by atoms with Gasteiger partial charge in [-0.2, -0.15) is 0 Å². The molecule has 1 aromatic heterocycles. The molecule has 1 aromatic carbocycles. The van der Waals surface area contributed by atoms with Gasteiger partial charge in [-0.15, -0.1) is 0 Å². The van der Waals surface area contributed by atoms with Crippen LogP contribution in [-0.2, 0) is 0 Å². The van der Waals surface area contributed by atoms with Gasteiger partial charge in [0.2, 0.25) is 0 Å². The highest BCUT2D eigenvalue weighted by Gasteiger charge is 2.13. The number of halogens is 4. The van der Waals surface area contributed by atoms with E-state index in [9.17, 15) is 4.79 Å². The molecule has 2 aromatic rings. The number of amides is 1. The summed E-state index contributed by atoms with van der Waals surface area (Å²) >= 11 is 13.5. The lowest BCUT2D eigenvalue weighted by molar-refractivity contribution is 0.102. The second-order valence-electron chi connectivity index (χ2n) is 3.56. The number of aromatic nitrogens is 1. The van der Waals surface area contributed by atoms with Crippen molar-refractivity contribution in [3.8, 4) is 0 Å². The van der Waals surface area contributed by atoms with Crippen molar-refractivity contribution in [2.24, 2.45) is 0 Å². The number of carbonyl (C=O) groups is 1. The molecule has 1 amide bonds. The van der Waals surface area contributed by atoms with Crippen molar-refractivity contribution in [3.05, 3.63) is 54.0 Å².